The third-order valence-corrected chi connectivity index (χ3v) is 4.65. The number of para-hydroxylation sites is 1. The number of hydrogen-bond acceptors (Lipinski definition) is 4. The summed E-state index contributed by atoms with van der Waals surface area (Å²) in [5.41, 5.74) is 3.40. The first-order chi connectivity index (χ1) is 12.7. The average molecular weight is 354 g/mol. The molecule has 0 N–H and O–H groups in total. The number of unbranched alkanes of at least 4 members (excludes halogenated alkanes) is 1. The van der Waals surface area contributed by atoms with Crippen LogP contribution in [-0.2, 0) is 15.9 Å². The molecule has 0 radical (unpaired) electrons. The summed E-state index contributed by atoms with van der Waals surface area (Å²) in [4.78, 5) is 12.9. The Morgan fingerprint density at radius 2 is 1.96 bits per heavy atom. The Morgan fingerprint density at radius 1 is 1.15 bits per heavy atom. The summed E-state index contributed by atoms with van der Waals surface area (Å²) < 4.78 is 17.3. The number of ether oxygens (including phenoxy) is 3. The number of fused-ring (bicyclic) bond motifs is 2. The van der Waals surface area contributed by atoms with Crippen molar-refractivity contribution in [1.29, 1.82) is 0 Å². The molecule has 0 aliphatic carbocycles. The Balaban J connectivity index is 2.02. The first-order valence-corrected chi connectivity index (χ1v) is 9.35. The average Bonchev–Trinajstić information content (AvgIpc) is 2.65. The van der Waals surface area contributed by atoms with Gasteiger partial charge in [-0.1, -0.05) is 37.6 Å². The molecule has 0 saturated carbocycles. The van der Waals surface area contributed by atoms with E-state index in [1.165, 1.54) is 0 Å². The van der Waals surface area contributed by atoms with Crippen molar-refractivity contribution in [2.45, 2.75) is 46.1 Å². The molecule has 0 spiro atoms. The smallest absolute Gasteiger partial charge is 0.338 e. The molecule has 1 atom stereocenters. The van der Waals surface area contributed by atoms with Crippen molar-refractivity contribution in [2.24, 2.45) is 0 Å². The highest BCUT2D eigenvalue weighted by Gasteiger charge is 2.28. The van der Waals surface area contributed by atoms with Crippen molar-refractivity contribution in [2.75, 3.05) is 13.2 Å². The van der Waals surface area contributed by atoms with Crippen LogP contribution in [0.25, 0.3) is 0 Å². The molecule has 2 aromatic carbocycles. The van der Waals surface area contributed by atoms with Crippen LogP contribution in [0.5, 0.6) is 11.5 Å². The largest absolute Gasteiger partial charge is 0.462 e. The number of benzene rings is 2. The van der Waals surface area contributed by atoms with Crippen LogP contribution in [0.2, 0.25) is 0 Å². The van der Waals surface area contributed by atoms with Crippen molar-refractivity contribution in [3.05, 3.63) is 58.7 Å². The monoisotopic (exact) mass is 354 g/mol. The Bertz CT molecular complexity index is 782. The number of carbonyl (C=O) groups excluding carboxylic acids is 1. The fourth-order valence-corrected chi connectivity index (χ4v) is 3.28. The molecule has 4 nitrogen and oxygen atoms in total. The van der Waals surface area contributed by atoms with Crippen LogP contribution in [0.3, 0.4) is 0 Å². The maximum absolute atomic E-state index is 12.9. The van der Waals surface area contributed by atoms with Crippen LogP contribution in [-0.4, -0.2) is 19.2 Å². The van der Waals surface area contributed by atoms with Crippen LogP contribution in [0.15, 0.2) is 36.4 Å². The van der Waals surface area contributed by atoms with E-state index in [0.717, 1.165) is 41.0 Å². The summed E-state index contributed by atoms with van der Waals surface area (Å²) >= 11 is 0. The highest BCUT2D eigenvalue weighted by Crippen LogP contribution is 2.40. The lowest BCUT2D eigenvalue weighted by atomic mass is 9.91. The van der Waals surface area contributed by atoms with Gasteiger partial charge in [-0.05, 0) is 43.5 Å². The van der Waals surface area contributed by atoms with E-state index in [1.54, 1.807) is 0 Å². The van der Waals surface area contributed by atoms with Gasteiger partial charge in [0, 0.05) is 18.6 Å². The Morgan fingerprint density at radius 3 is 2.73 bits per heavy atom. The summed E-state index contributed by atoms with van der Waals surface area (Å²) in [5, 5.41) is 0. The van der Waals surface area contributed by atoms with Crippen molar-refractivity contribution in [3.63, 3.8) is 0 Å². The normalized spacial score (nSPS) is 13.3. The molecule has 0 bridgehead atoms. The highest BCUT2D eigenvalue weighted by molar-refractivity contribution is 5.94. The van der Waals surface area contributed by atoms with E-state index in [0.29, 0.717) is 25.2 Å². The molecule has 1 heterocycles. The molecule has 4 heteroatoms. The Kier molecular flexibility index (Phi) is 5.94. The first kappa shape index (κ1) is 18.5. The van der Waals surface area contributed by atoms with E-state index < -0.39 is 0 Å². The van der Waals surface area contributed by atoms with Crippen LogP contribution < -0.4 is 4.74 Å². The zero-order valence-corrected chi connectivity index (χ0v) is 15.7. The molecule has 1 aliphatic heterocycles. The molecule has 0 fully saturated rings. The molecule has 26 heavy (non-hydrogen) atoms. The Labute approximate surface area is 155 Å². The summed E-state index contributed by atoms with van der Waals surface area (Å²) in [6.07, 6.45) is 2.31. The van der Waals surface area contributed by atoms with Crippen LogP contribution >= 0.6 is 0 Å². The number of carbonyl (C=O) groups is 1. The lowest BCUT2D eigenvalue weighted by Crippen LogP contribution is -2.17. The lowest BCUT2D eigenvalue weighted by molar-refractivity contribution is 0.0473. The predicted molar refractivity (Wildman–Crippen MR) is 101 cm³/mol. The van der Waals surface area contributed by atoms with Gasteiger partial charge in [0.25, 0.3) is 0 Å². The van der Waals surface area contributed by atoms with Crippen molar-refractivity contribution in [3.8, 4) is 11.5 Å². The predicted octanol–water partition coefficient (Wildman–Crippen LogP) is 5.44. The summed E-state index contributed by atoms with van der Waals surface area (Å²) in [5.74, 6) is 1.27. The second-order valence-electron chi connectivity index (χ2n) is 6.48. The topological polar surface area (TPSA) is 44.8 Å². The maximum Gasteiger partial charge on any atom is 0.338 e. The Hall–Kier alpha value is -2.33. The van der Waals surface area contributed by atoms with Crippen LogP contribution in [0.4, 0.5) is 0 Å². The van der Waals surface area contributed by atoms with Gasteiger partial charge >= 0.3 is 5.97 Å². The minimum Gasteiger partial charge on any atom is -0.462 e. The van der Waals surface area contributed by atoms with Gasteiger partial charge in [0.15, 0.2) is 0 Å². The zero-order valence-electron chi connectivity index (χ0n) is 15.7. The number of hydrogen-bond donors (Lipinski definition) is 0. The summed E-state index contributed by atoms with van der Waals surface area (Å²) in [6, 6.07) is 11.8. The van der Waals surface area contributed by atoms with Gasteiger partial charge in [-0.15, -0.1) is 0 Å². The molecule has 1 aliphatic rings. The van der Waals surface area contributed by atoms with E-state index in [-0.39, 0.29) is 12.1 Å². The molecule has 1 unspecified atom stereocenters. The second-order valence-corrected chi connectivity index (χ2v) is 6.48. The van der Waals surface area contributed by atoms with E-state index in [4.69, 9.17) is 14.2 Å². The van der Waals surface area contributed by atoms with E-state index in [9.17, 15) is 4.79 Å². The van der Waals surface area contributed by atoms with Crippen LogP contribution in [0.1, 0.15) is 66.8 Å². The fraction of sp³-hybridized carbons (Fsp3) is 0.409. The molecular weight excluding hydrogens is 328 g/mol. The molecule has 0 saturated heterocycles. The minimum absolute atomic E-state index is 0.184. The van der Waals surface area contributed by atoms with E-state index >= 15 is 0 Å². The van der Waals surface area contributed by atoms with E-state index in [1.807, 2.05) is 50.2 Å². The summed E-state index contributed by atoms with van der Waals surface area (Å²) in [7, 11) is 0. The van der Waals surface area contributed by atoms with Gasteiger partial charge in [0.1, 0.15) is 11.5 Å². The SMILES string of the molecule is CCCCOC(=O)c1c(C(C)OCC)ccc2c1Cc1ccccc1O2. The highest BCUT2D eigenvalue weighted by atomic mass is 16.5. The van der Waals surface area contributed by atoms with Crippen molar-refractivity contribution >= 4 is 5.97 Å². The van der Waals surface area contributed by atoms with Gasteiger partial charge < -0.3 is 14.2 Å². The fourth-order valence-electron chi connectivity index (χ4n) is 3.28. The van der Waals surface area contributed by atoms with Crippen molar-refractivity contribution < 1.29 is 19.0 Å². The van der Waals surface area contributed by atoms with Crippen LogP contribution in [0, 0.1) is 0 Å². The maximum atomic E-state index is 12.9. The molecule has 2 aromatic rings. The van der Waals surface area contributed by atoms with Gasteiger partial charge in [-0.2, -0.15) is 0 Å². The quantitative estimate of drug-likeness (QED) is 0.419. The number of esters is 1. The van der Waals surface area contributed by atoms with Gasteiger partial charge in [-0.3, -0.25) is 0 Å². The molecular formula is C22H26O4. The first-order valence-electron chi connectivity index (χ1n) is 9.35. The zero-order chi connectivity index (χ0) is 18.5. The second kappa shape index (κ2) is 8.37. The van der Waals surface area contributed by atoms with E-state index in [2.05, 4.69) is 6.92 Å². The van der Waals surface area contributed by atoms with Gasteiger partial charge in [0.2, 0.25) is 0 Å². The standard InChI is InChI=1S/C22H26O4/c1-4-6-13-25-22(23)21-17(15(3)24-5-2)11-12-20-18(21)14-16-9-7-8-10-19(16)26-20/h7-12,15H,4-6,13-14H2,1-3H3. The summed E-state index contributed by atoms with van der Waals surface area (Å²) in [6.45, 7) is 7.01. The third-order valence-electron chi connectivity index (χ3n) is 4.65. The van der Waals surface area contributed by atoms with Gasteiger partial charge in [-0.25, -0.2) is 4.79 Å². The molecule has 0 aromatic heterocycles. The van der Waals surface area contributed by atoms with Gasteiger partial charge in [0.05, 0.1) is 18.3 Å². The lowest BCUT2D eigenvalue weighted by Gasteiger charge is -2.25. The molecule has 3 rings (SSSR count). The molecule has 138 valence electrons. The minimum atomic E-state index is -0.292. The molecule has 0 amide bonds. The van der Waals surface area contributed by atoms with Crippen molar-refractivity contribution in [1.82, 2.24) is 0 Å². The third kappa shape index (κ3) is 3.75. The number of rotatable bonds is 7.